The molecule has 1 aliphatic rings. The van der Waals surface area contributed by atoms with Crippen molar-refractivity contribution in [3.63, 3.8) is 0 Å². The molecule has 0 amide bonds. The van der Waals surface area contributed by atoms with Gasteiger partial charge in [0.1, 0.15) is 5.78 Å². The van der Waals surface area contributed by atoms with Crippen LogP contribution in [0.5, 0.6) is 0 Å². The number of ketones is 1. The first-order chi connectivity index (χ1) is 6.59. The Morgan fingerprint density at radius 3 is 3.00 bits per heavy atom. The van der Waals surface area contributed by atoms with E-state index in [0.29, 0.717) is 12.2 Å². The van der Waals surface area contributed by atoms with Gasteiger partial charge in [0.15, 0.2) is 0 Å². The lowest BCUT2D eigenvalue weighted by Crippen LogP contribution is -2.34. The second kappa shape index (κ2) is 3.23. The molecule has 3 nitrogen and oxygen atoms in total. The molecular weight excluding hydrogens is 176 g/mol. The molecule has 2 rings (SSSR count). The summed E-state index contributed by atoms with van der Waals surface area (Å²) >= 11 is 0. The molecule has 0 bridgehead atoms. The third-order valence-corrected chi connectivity index (χ3v) is 3.22. The lowest BCUT2D eigenvalue weighted by molar-refractivity contribution is -0.124. The Kier molecular flexibility index (Phi) is 2.17. The van der Waals surface area contributed by atoms with Crippen molar-refractivity contribution < 1.29 is 4.79 Å². The number of aromatic nitrogens is 2. The molecule has 0 N–H and O–H groups in total. The predicted octanol–water partition coefficient (Wildman–Crippen LogP) is 2.20. The van der Waals surface area contributed by atoms with Gasteiger partial charge in [0, 0.05) is 25.2 Å². The SMILES string of the molecule is CC1(C)CCC(=O)CC1n1cccn1. The fraction of sp³-hybridized carbons (Fsp3) is 0.636. The Morgan fingerprint density at radius 1 is 1.57 bits per heavy atom. The van der Waals surface area contributed by atoms with E-state index in [9.17, 15) is 4.79 Å². The molecule has 76 valence electrons. The molecule has 1 saturated carbocycles. The summed E-state index contributed by atoms with van der Waals surface area (Å²) in [5, 5.41) is 4.23. The van der Waals surface area contributed by atoms with Crippen molar-refractivity contribution >= 4 is 5.78 Å². The van der Waals surface area contributed by atoms with Crippen LogP contribution >= 0.6 is 0 Å². The standard InChI is InChI=1S/C11H16N2O/c1-11(2)5-4-9(14)8-10(11)13-7-3-6-12-13/h3,6-7,10H,4-5,8H2,1-2H3. The zero-order chi connectivity index (χ0) is 10.2. The molecule has 1 aromatic heterocycles. The zero-order valence-corrected chi connectivity index (χ0v) is 8.73. The van der Waals surface area contributed by atoms with Crippen LogP contribution < -0.4 is 0 Å². The predicted molar refractivity (Wildman–Crippen MR) is 53.9 cm³/mol. The second-order valence-corrected chi connectivity index (χ2v) is 4.73. The Labute approximate surface area is 84.1 Å². The van der Waals surface area contributed by atoms with Crippen molar-refractivity contribution in [2.45, 2.75) is 39.2 Å². The molecule has 0 aromatic carbocycles. The van der Waals surface area contributed by atoms with Crippen molar-refractivity contribution in [2.24, 2.45) is 5.41 Å². The molecule has 1 fully saturated rings. The van der Waals surface area contributed by atoms with Crippen molar-refractivity contribution in [3.8, 4) is 0 Å². The fourth-order valence-corrected chi connectivity index (χ4v) is 2.14. The molecule has 0 radical (unpaired) electrons. The van der Waals surface area contributed by atoms with Crippen molar-refractivity contribution in [2.75, 3.05) is 0 Å². The number of hydrogen-bond acceptors (Lipinski definition) is 2. The number of nitrogens with zero attached hydrogens (tertiary/aromatic N) is 2. The van der Waals surface area contributed by atoms with Gasteiger partial charge in [0.2, 0.25) is 0 Å². The molecular formula is C11H16N2O. The van der Waals surface area contributed by atoms with Gasteiger partial charge in [-0.05, 0) is 17.9 Å². The lowest BCUT2D eigenvalue weighted by atomic mass is 9.73. The van der Waals surface area contributed by atoms with Crippen molar-refractivity contribution in [3.05, 3.63) is 18.5 Å². The van der Waals surface area contributed by atoms with E-state index < -0.39 is 0 Å². The maximum absolute atomic E-state index is 11.4. The van der Waals surface area contributed by atoms with Gasteiger partial charge < -0.3 is 0 Å². The molecule has 1 heterocycles. The third kappa shape index (κ3) is 1.59. The zero-order valence-electron chi connectivity index (χ0n) is 8.73. The Hall–Kier alpha value is -1.12. The molecule has 0 spiro atoms. The maximum Gasteiger partial charge on any atom is 0.135 e. The van der Waals surface area contributed by atoms with Gasteiger partial charge in [-0.3, -0.25) is 9.48 Å². The number of carbonyl (C=O) groups is 1. The molecule has 3 heteroatoms. The minimum atomic E-state index is 0.180. The van der Waals surface area contributed by atoms with E-state index in [1.54, 1.807) is 6.20 Å². The summed E-state index contributed by atoms with van der Waals surface area (Å²) in [7, 11) is 0. The number of carbonyl (C=O) groups excluding carboxylic acids is 1. The van der Waals surface area contributed by atoms with E-state index in [1.807, 2.05) is 16.9 Å². The van der Waals surface area contributed by atoms with Crippen LogP contribution in [-0.4, -0.2) is 15.6 Å². The molecule has 1 aliphatic carbocycles. The van der Waals surface area contributed by atoms with E-state index in [1.165, 1.54) is 0 Å². The van der Waals surface area contributed by atoms with Gasteiger partial charge in [-0.25, -0.2) is 0 Å². The molecule has 1 atom stereocenters. The van der Waals surface area contributed by atoms with Gasteiger partial charge >= 0.3 is 0 Å². The van der Waals surface area contributed by atoms with Gasteiger partial charge in [-0.1, -0.05) is 13.8 Å². The van der Waals surface area contributed by atoms with Crippen LogP contribution in [0.1, 0.15) is 39.2 Å². The summed E-state index contributed by atoms with van der Waals surface area (Å²) in [6.45, 7) is 4.43. The summed E-state index contributed by atoms with van der Waals surface area (Å²) < 4.78 is 1.93. The fourth-order valence-electron chi connectivity index (χ4n) is 2.14. The van der Waals surface area contributed by atoms with E-state index in [-0.39, 0.29) is 11.5 Å². The molecule has 0 saturated heterocycles. The summed E-state index contributed by atoms with van der Waals surface area (Å²) in [5.41, 5.74) is 0.180. The first-order valence-electron chi connectivity index (χ1n) is 5.10. The monoisotopic (exact) mass is 192 g/mol. The maximum atomic E-state index is 11.4. The molecule has 1 aromatic rings. The van der Waals surface area contributed by atoms with Gasteiger partial charge in [0.25, 0.3) is 0 Å². The highest BCUT2D eigenvalue weighted by Gasteiger charge is 2.37. The van der Waals surface area contributed by atoms with Crippen LogP contribution in [0.2, 0.25) is 0 Å². The van der Waals surface area contributed by atoms with Gasteiger partial charge in [-0.15, -0.1) is 0 Å². The Bertz CT molecular complexity index is 327. The van der Waals surface area contributed by atoms with Gasteiger partial charge in [0.05, 0.1) is 6.04 Å². The first-order valence-corrected chi connectivity index (χ1v) is 5.10. The summed E-state index contributed by atoms with van der Waals surface area (Å²) in [5.74, 6) is 0.366. The summed E-state index contributed by atoms with van der Waals surface area (Å²) in [4.78, 5) is 11.4. The molecule has 0 aliphatic heterocycles. The van der Waals surface area contributed by atoms with Crippen LogP contribution in [0.3, 0.4) is 0 Å². The van der Waals surface area contributed by atoms with E-state index >= 15 is 0 Å². The van der Waals surface area contributed by atoms with Crippen LogP contribution in [0.4, 0.5) is 0 Å². The molecule has 14 heavy (non-hydrogen) atoms. The summed E-state index contributed by atoms with van der Waals surface area (Å²) in [6, 6.07) is 2.15. The smallest absolute Gasteiger partial charge is 0.135 e. The number of hydrogen-bond donors (Lipinski definition) is 0. The van der Waals surface area contributed by atoms with Crippen LogP contribution in [-0.2, 0) is 4.79 Å². The number of Topliss-reactive ketones (excluding diaryl/α,β-unsaturated/α-hetero) is 1. The average Bonchev–Trinajstić information content (AvgIpc) is 2.62. The van der Waals surface area contributed by atoms with Gasteiger partial charge in [-0.2, -0.15) is 5.10 Å². The minimum Gasteiger partial charge on any atom is -0.300 e. The highest BCUT2D eigenvalue weighted by Crippen LogP contribution is 2.41. The minimum absolute atomic E-state index is 0.180. The topological polar surface area (TPSA) is 34.9 Å². The normalized spacial score (nSPS) is 26.4. The van der Waals surface area contributed by atoms with Crippen molar-refractivity contribution in [1.82, 2.24) is 9.78 Å². The third-order valence-electron chi connectivity index (χ3n) is 3.22. The van der Waals surface area contributed by atoms with Crippen molar-refractivity contribution in [1.29, 1.82) is 0 Å². The Morgan fingerprint density at radius 2 is 2.36 bits per heavy atom. The first kappa shape index (κ1) is 9.44. The Balaban J connectivity index is 2.27. The molecule has 1 unspecified atom stereocenters. The summed E-state index contributed by atoms with van der Waals surface area (Å²) in [6.07, 6.45) is 6.05. The second-order valence-electron chi connectivity index (χ2n) is 4.73. The average molecular weight is 192 g/mol. The largest absolute Gasteiger partial charge is 0.300 e. The van der Waals surface area contributed by atoms with Crippen LogP contribution in [0.15, 0.2) is 18.5 Å². The van der Waals surface area contributed by atoms with Crippen LogP contribution in [0.25, 0.3) is 0 Å². The van der Waals surface area contributed by atoms with E-state index in [4.69, 9.17) is 0 Å². The van der Waals surface area contributed by atoms with E-state index in [0.717, 1.165) is 12.8 Å². The van der Waals surface area contributed by atoms with Crippen LogP contribution in [0, 0.1) is 5.41 Å². The van der Waals surface area contributed by atoms with E-state index in [2.05, 4.69) is 18.9 Å². The quantitative estimate of drug-likeness (QED) is 0.683. The number of rotatable bonds is 1. The lowest BCUT2D eigenvalue weighted by Gasteiger charge is -2.37. The highest BCUT2D eigenvalue weighted by atomic mass is 16.1. The highest BCUT2D eigenvalue weighted by molar-refractivity contribution is 5.79.